The number of rotatable bonds is 8. The summed E-state index contributed by atoms with van der Waals surface area (Å²) in [5.41, 5.74) is 0.580. The van der Waals surface area contributed by atoms with Gasteiger partial charge < -0.3 is 14.8 Å². The lowest BCUT2D eigenvalue weighted by molar-refractivity contribution is 0.0938. The van der Waals surface area contributed by atoms with Crippen LogP contribution < -0.4 is 14.8 Å². The number of thiophene rings is 1. The third kappa shape index (κ3) is 4.37. The molecule has 2 aromatic rings. The zero-order valence-corrected chi connectivity index (χ0v) is 16.2. The van der Waals surface area contributed by atoms with Crippen LogP contribution in [-0.2, 0) is 0 Å². The number of hydrogen-bond acceptors (Lipinski definition) is 5. The van der Waals surface area contributed by atoms with Crippen LogP contribution in [0.4, 0.5) is 0 Å². The molecule has 1 N–H and O–H groups in total. The molecule has 6 heteroatoms. The Morgan fingerprint density at radius 3 is 2.73 bits per heavy atom. The van der Waals surface area contributed by atoms with Gasteiger partial charge in [0.15, 0.2) is 11.5 Å². The largest absolute Gasteiger partial charge is 0.493 e. The molecular formula is C20H26N2O3S. The topological polar surface area (TPSA) is 50.8 Å². The van der Waals surface area contributed by atoms with Gasteiger partial charge in [-0.25, -0.2) is 0 Å². The Hall–Kier alpha value is -2.05. The molecule has 2 heterocycles. The van der Waals surface area contributed by atoms with E-state index in [0.717, 1.165) is 13.1 Å². The Morgan fingerprint density at radius 2 is 2.08 bits per heavy atom. The summed E-state index contributed by atoms with van der Waals surface area (Å²) in [4.78, 5) is 16.4. The molecule has 1 aromatic heterocycles. The van der Waals surface area contributed by atoms with Gasteiger partial charge in [-0.15, -0.1) is 11.3 Å². The van der Waals surface area contributed by atoms with Gasteiger partial charge in [0.1, 0.15) is 0 Å². The van der Waals surface area contributed by atoms with E-state index in [9.17, 15) is 4.79 Å². The molecule has 0 aliphatic carbocycles. The highest BCUT2D eigenvalue weighted by Crippen LogP contribution is 2.29. The van der Waals surface area contributed by atoms with E-state index in [-0.39, 0.29) is 11.9 Å². The number of ether oxygens (including phenoxy) is 2. The van der Waals surface area contributed by atoms with E-state index < -0.39 is 0 Å². The molecule has 26 heavy (non-hydrogen) atoms. The van der Waals surface area contributed by atoms with E-state index in [1.165, 1.54) is 17.7 Å². The molecular weight excluding hydrogens is 348 g/mol. The molecule has 5 nitrogen and oxygen atoms in total. The Labute approximate surface area is 158 Å². The summed E-state index contributed by atoms with van der Waals surface area (Å²) in [6.45, 7) is 5.27. The Bertz CT molecular complexity index is 712. The van der Waals surface area contributed by atoms with Crippen molar-refractivity contribution in [1.82, 2.24) is 10.2 Å². The van der Waals surface area contributed by atoms with E-state index in [0.29, 0.717) is 30.2 Å². The van der Waals surface area contributed by atoms with E-state index >= 15 is 0 Å². The molecule has 1 unspecified atom stereocenters. The molecule has 0 spiro atoms. The van der Waals surface area contributed by atoms with Crippen molar-refractivity contribution in [3.8, 4) is 11.5 Å². The van der Waals surface area contributed by atoms with Crippen LogP contribution in [0.3, 0.4) is 0 Å². The Balaban J connectivity index is 1.68. The van der Waals surface area contributed by atoms with Gasteiger partial charge in [-0.05, 0) is 62.5 Å². The van der Waals surface area contributed by atoms with Gasteiger partial charge >= 0.3 is 0 Å². The summed E-state index contributed by atoms with van der Waals surface area (Å²) in [7, 11) is 1.58. The van der Waals surface area contributed by atoms with Crippen LogP contribution >= 0.6 is 11.3 Å². The average Bonchev–Trinajstić information content (AvgIpc) is 3.37. The summed E-state index contributed by atoms with van der Waals surface area (Å²) in [6.07, 6.45) is 2.46. The third-order valence-corrected chi connectivity index (χ3v) is 5.61. The maximum atomic E-state index is 12.6. The second-order valence-corrected chi connectivity index (χ2v) is 7.26. The summed E-state index contributed by atoms with van der Waals surface area (Å²) in [6, 6.07) is 9.76. The number of likely N-dealkylation sites (tertiary alicyclic amines) is 1. The summed E-state index contributed by atoms with van der Waals surface area (Å²) < 4.78 is 10.9. The minimum Gasteiger partial charge on any atom is -0.493 e. The molecule has 140 valence electrons. The third-order valence-electron chi connectivity index (χ3n) is 4.63. The molecule has 1 atom stereocenters. The quantitative estimate of drug-likeness (QED) is 0.765. The molecule has 0 radical (unpaired) electrons. The van der Waals surface area contributed by atoms with E-state index in [1.54, 1.807) is 36.6 Å². The van der Waals surface area contributed by atoms with Crippen molar-refractivity contribution in [3.05, 3.63) is 46.2 Å². The highest BCUT2D eigenvalue weighted by Gasteiger charge is 2.25. The number of amides is 1. The maximum Gasteiger partial charge on any atom is 0.251 e. The van der Waals surface area contributed by atoms with Crippen LogP contribution in [0, 0.1) is 0 Å². The van der Waals surface area contributed by atoms with E-state index in [4.69, 9.17) is 9.47 Å². The number of carbonyl (C=O) groups is 1. The number of benzene rings is 1. The fourth-order valence-electron chi connectivity index (χ4n) is 3.32. The number of carbonyl (C=O) groups excluding carboxylic acids is 1. The molecule has 0 bridgehead atoms. The van der Waals surface area contributed by atoms with Crippen molar-refractivity contribution >= 4 is 17.2 Å². The minimum absolute atomic E-state index is 0.0906. The van der Waals surface area contributed by atoms with Gasteiger partial charge in [-0.2, -0.15) is 0 Å². The van der Waals surface area contributed by atoms with Crippen molar-refractivity contribution in [3.63, 3.8) is 0 Å². The van der Waals surface area contributed by atoms with Crippen LogP contribution in [-0.4, -0.2) is 44.2 Å². The van der Waals surface area contributed by atoms with Crippen molar-refractivity contribution < 1.29 is 14.3 Å². The highest BCUT2D eigenvalue weighted by atomic mass is 32.1. The smallest absolute Gasteiger partial charge is 0.251 e. The fraction of sp³-hybridized carbons (Fsp3) is 0.450. The standard InChI is InChI=1S/C20H26N2O3S/c1-3-25-17-9-8-15(13-18(17)24-2)20(23)21-14-16(19-7-6-12-26-19)22-10-4-5-11-22/h6-9,12-13,16H,3-5,10-11,14H2,1-2H3,(H,21,23). The van der Waals surface area contributed by atoms with Gasteiger partial charge in [0.2, 0.25) is 0 Å². The normalized spacial score (nSPS) is 15.6. The van der Waals surface area contributed by atoms with Crippen molar-refractivity contribution in [2.75, 3.05) is 33.4 Å². The van der Waals surface area contributed by atoms with Gasteiger partial charge in [0.05, 0.1) is 19.8 Å². The lowest BCUT2D eigenvalue weighted by Gasteiger charge is -2.27. The summed E-state index contributed by atoms with van der Waals surface area (Å²) >= 11 is 1.75. The maximum absolute atomic E-state index is 12.6. The van der Waals surface area contributed by atoms with Gasteiger partial charge in [0.25, 0.3) is 5.91 Å². The average molecular weight is 375 g/mol. The van der Waals surface area contributed by atoms with Gasteiger partial charge in [0, 0.05) is 17.0 Å². The minimum atomic E-state index is -0.0906. The molecule has 1 aliphatic rings. The first-order valence-corrected chi connectivity index (χ1v) is 9.97. The molecule has 1 fully saturated rings. The van der Waals surface area contributed by atoms with Crippen molar-refractivity contribution in [2.24, 2.45) is 0 Å². The zero-order chi connectivity index (χ0) is 18.4. The molecule has 1 aliphatic heterocycles. The highest BCUT2D eigenvalue weighted by molar-refractivity contribution is 7.10. The summed E-state index contributed by atoms with van der Waals surface area (Å²) in [5, 5.41) is 5.19. The van der Waals surface area contributed by atoms with Gasteiger partial charge in [-0.3, -0.25) is 9.69 Å². The first kappa shape index (κ1) is 18.7. The number of methoxy groups -OCH3 is 1. The lowest BCUT2D eigenvalue weighted by Crippen LogP contribution is -2.36. The van der Waals surface area contributed by atoms with Gasteiger partial charge in [-0.1, -0.05) is 6.07 Å². The molecule has 3 rings (SSSR count). The predicted molar refractivity (Wildman–Crippen MR) is 104 cm³/mol. The first-order valence-electron chi connectivity index (χ1n) is 9.09. The SMILES string of the molecule is CCOc1ccc(C(=O)NCC(c2cccs2)N2CCCC2)cc1OC. The Morgan fingerprint density at radius 1 is 1.27 bits per heavy atom. The van der Waals surface area contributed by atoms with Crippen LogP contribution in [0.1, 0.15) is 41.0 Å². The van der Waals surface area contributed by atoms with Crippen LogP contribution in [0.25, 0.3) is 0 Å². The summed E-state index contributed by atoms with van der Waals surface area (Å²) in [5.74, 6) is 1.14. The molecule has 1 saturated heterocycles. The molecule has 0 saturated carbocycles. The fourth-order valence-corrected chi connectivity index (χ4v) is 4.18. The lowest BCUT2D eigenvalue weighted by atomic mass is 10.1. The van der Waals surface area contributed by atoms with E-state index in [2.05, 4.69) is 27.7 Å². The second-order valence-electron chi connectivity index (χ2n) is 6.28. The Kier molecular flexibility index (Phi) is 6.52. The van der Waals surface area contributed by atoms with Crippen LogP contribution in [0.15, 0.2) is 35.7 Å². The van der Waals surface area contributed by atoms with Crippen molar-refractivity contribution in [2.45, 2.75) is 25.8 Å². The zero-order valence-electron chi connectivity index (χ0n) is 15.4. The number of nitrogens with one attached hydrogen (secondary N) is 1. The monoisotopic (exact) mass is 374 g/mol. The first-order chi connectivity index (χ1) is 12.7. The molecule has 1 amide bonds. The number of nitrogens with zero attached hydrogens (tertiary/aromatic N) is 1. The second kappa shape index (κ2) is 9.05. The molecule has 1 aromatic carbocycles. The number of hydrogen-bond donors (Lipinski definition) is 1. The van der Waals surface area contributed by atoms with Crippen LogP contribution in [0.5, 0.6) is 11.5 Å². The van der Waals surface area contributed by atoms with E-state index in [1.807, 2.05) is 6.92 Å². The van der Waals surface area contributed by atoms with Crippen LogP contribution in [0.2, 0.25) is 0 Å². The van der Waals surface area contributed by atoms with Crippen molar-refractivity contribution in [1.29, 1.82) is 0 Å². The predicted octanol–water partition coefficient (Wildman–Crippen LogP) is 3.72.